The molecule has 6 nitrogen and oxygen atoms in total. The van der Waals surface area contributed by atoms with Crippen LogP contribution in [-0.4, -0.2) is 54.2 Å². The number of carboxylic acid groups (broad SMARTS) is 1. The smallest absolute Gasteiger partial charge is 0.329 e. The maximum Gasteiger partial charge on any atom is 0.329 e. The zero-order valence-electron chi connectivity index (χ0n) is 13.6. The predicted molar refractivity (Wildman–Crippen MR) is 82.3 cm³/mol. The summed E-state index contributed by atoms with van der Waals surface area (Å²) in [5.74, 6) is -0.345. The Balaban J connectivity index is 2.59. The molecule has 21 heavy (non-hydrogen) atoms. The second-order valence-electron chi connectivity index (χ2n) is 6.50. The average Bonchev–Trinajstić information content (AvgIpc) is 2.37. The molecule has 1 saturated carbocycles. The maximum atomic E-state index is 12.1. The molecule has 2 amide bonds. The zero-order valence-corrected chi connectivity index (χ0v) is 13.6. The molecule has 6 heteroatoms. The molecule has 0 aromatic heterocycles. The van der Waals surface area contributed by atoms with Crippen molar-refractivity contribution in [3.05, 3.63) is 0 Å². The number of nitrogens with one attached hydrogen (secondary N) is 2. The van der Waals surface area contributed by atoms with E-state index in [4.69, 9.17) is 0 Å². The molecule has 0 aliphatic heterocycles. The number of carbonyl (C=O) groups excluding carboxylic acids is 1. The van der Waals surface area contributed by atoms with Gasteiger partial charge in [0.25, 0.3) is 0 Å². The number of rotatable bonds is 6. The van der Waals surface area contributed by atoms with Crippen molar-refractivity contribution in [2.24, 2.45) is 5.92 Å². The van der Waals surface area contributed by atoms with Gasteiger partial charge in [-0.15, -0.1) is 0 Å². The highest BCUT2D eigenvalue weighted by Crippen LogP contribution is 2.33. The van der Waals surface area contributed by atoms with Crippen LogP contribution in [0, 0.1) is 5.92 Å². The average molecular weight is 299 g/mol. The fraction of sp³-hybridized carbons (Fsp3) is 0.867. The van der Waals surface area contributed by atoms with E-state index in [1.807, 2.05) is 25.9 Å². The normalized spacial score (nSPS) is 27.2. The van der Waals surface area contributed by atoms with Gasteiger partial charge in [0.05, 0.1) is 0 Å². The molecule has 0 aromatic carbocycles. The fourth-order valence-corrected chi connectivity index (χ4v) is 3.04. The highest BCUT2D eigenvalue weighted by atomic mass is 16.4. The third kappa shape index (κ3) is 5.19. The molecule has 0 saturated heterocycles. The number of aliphatic carboxylic acids is 1. The number of hydrogen-bond donors (Lipinski definition) is 3. The standard InChI is InChI=1S/C15H29N3O3/c1-5-12-6-8-15(9-7-12,13(19)20)17-14(21)16-11(2)10-18(3)4/h11-12H,5-10H2,1-4H3,(H,19,20)(H2,16,17,21). The monoisotopic (exact) mass is 299 g/mol. The van der Waals surface area contributed by atoms with Crippen LogP contribution in [0.2, 0.25) is 0 Å². The molecule has 0 bridgehead atoms. The molecular formula is C15H29N3O3. The fourth-order valence-electron chi connectivity index (χ4n) is 3.04. The van der Waals surface area contributed by atoms with Crippen molar-refractivity contribution in [1.82, 2.24) is 15.5 Å². The molecule has 1 aliphatic carbocycles. The number of hydrogen-bond acceptors (Lipinski definition) is 3. The summed E-state index contributed by atoms with van der Waals surface area (Å²) in [6.45, 7) is 4.74. The minimum atomic E-state index is -1.10. The summed E-state index contributed by atoms with van der Waals surface area (Å²) in [5, 5.41) is 15.0. The van der Waals surface area contributed by atoms with Gasteiger partial charge in [-0.25, -0.2) is 9.59 Å². The first kappa shape index (κ1) is 17.8. The van der Waals surface area contributed by atoms with Crippen molar-refractivity contribution in [1.29, 1.82) is 0 Å². The molecular weight excluding hydrogens is 270 g/mol. The number of carboxylic acids is 1. The van der Waals surface area contributed by atoms with E-state index in [9.17, 15) is 14.7 Å². The topological polar surface area (TPSA) is 81.7 Å². The van der Waals surface area contributed by atoms with Crippen LogP contribution >= 0.6 is 0 Å². The van der Waals surface area contributed by atoms with Crippen LogP contribution in [0.3, 0.4) is 0 Å². The van der Waals surface area contributed by atoms with Crippen LogP contribution in [-0.2, 0) is 4.79 Å². The molecule has 1 atom stereocenters. The van der Waals surface area contributed by atoms with Gasteiger partial charge < -0.3 is 20.6 Å². The van der Waals surface area contributed by atoms with Gasteiger partial charge in [0, 0.05) is 12.6 Å². The quantitative estimate of drug-likeness (QED) is 0.696. The van der Waals surface area contributed by atoms with Crippen molar-refractivity contribution in [3.63, 3.8) is 0 Å². The minimum absolute atomic E-state index is 0.0298. The summed E-state index contributed by atoms with van der Waals surface area (Å²) in [7, 11) is 3.86. The lowest BCUT2D eigenvalue weighted by Gasteiger charge is -2.37. The summed E-state index contributed by atoms with van der Waals surface area (Å²) in [6.07, 6.45) is 3.81. The number of carbonyl (C=O) groups is 2. The van der Waals surface area contributed by atoms with E-state index < -0.39 is 11.5 Å². The SMILES string of the molecule is CCC1CCC(NC(=O)NC(C)CN(C)C)(C(=O)O)CC1. The Kier molecular flexibility index (Phi) is 6.45. The van der Waals surface area contributed by atoms with Crippen LogP contribution in [0.1, 0.15) is 46.0 Å². The van der Waals surface area contributed by atoms with Crippen LogP contribution in [0.25, 0.3) is 0 Å². The van der Waals surface area contributed by atoms with E-state index in [-0.39, 0.29) is 12.1 Å². The second kappa shape index (κ2) is 7.64. The van der Waals surface area contributed by atoms with E-state index in [1.165, 1.54) is 0 Å². The first-order valence-corrected chi connectivity index (χ1v) is 7.76. The first-order valence-electron chi connectivity index (χ1n) is 7.76. The van der Waals surface area contributed by atoms with Crippen LogP contribution < -0.4 is 10.6 Å². The van der Waals surface area contributed by atoms with E-state index in [2.05, 4.69) is 17.6 Å². The molecule has 122 valence electrons. The lowest BCUT2D eigenvalue weighted by atomic mass is 9.75. The number of amides is 2. The van der Waals surface area contributed by atoms with Gasteiger partial charge in [0.15, 0.2) is 0 Å². The minimum Gasteiger partial charge on any atom is -0.480 e. The highest BCUT2D eigenvalue weighted by Gasteiger charge is 2.43. The van der Waals surface area contributed by atoms with Gasteiger partial charge in [-0.3, -0.25) is 0 Å². The number of urea groups is 1. The Morgan fingerprint density at radius 3 is 2.33 bits per heavy atom. The second-order valence-corrected chi connectivity index (χ2v) is 6.50. The summed E-state index contributed by atoms with van der Waals surface area (Å²) < 4.78 is 0. The third-order valence-electron chi connectivity index (χ3n) is 4.31. The Hall–Kier alpha value is -1.30. The van der Waals surface area contributed by atoms with Gasteiger partial charge in [0.2, 0.25) is 0 Å². The third-order valence-corrected chi connectivity index (χ3v) is 4.31. The van der Waals surface area contributed by atoms with Gasteiger partial charge in [-0.05, 0) is 52.6 Å². The maximum absolute atomic E-state index is 12.1. The Labute approximate surface area is 127 Å². The molecule has 1 rings (SSSR count). The van der Waals surface area contributed by atoms with Crippen molar-refractivity contribution < 1.29 is 14.7 Å². The first-order chi connectivity index (χ1) is 9.79. The largest absolute Gasteiger partial charge is 0.480 e. The van der Waals surface area contributed by atoms with Crippen LogP contribution in [0.4, 0.5) is 4.79 Å². The van der Waals surface area contributed by atoms with E-state index in [0.717, 1.165) is 19.3 Å². The molecule has 0 spiro atoms. The lowest BCUT2D eigenvalue weighted by molar-refractivity contribution is -0.146. The Morgan fingerprint density at radius 1 is 1.33 bits per heavy atom. The molecule has 1 fully saturated rings. The molecule has 3 N–H and O–H groups in total. The van der Waals surface area contributed by atoms with E-state index in [0.29, 0.717) is 25.3 Å². The molecule has 1 aliphatic rings. The number of nitrogens with zero attached hydrogens (tertiary/aromatic N) is 1. The van der Waals surface area contributed by atoms with E-state index >= 15 is 0 Å². The highest BCUT2D eigenvalue weighted by molar-refractivity contribution is 5.86. The van der Waals surface area contributed by atoms with Crippen molar-refractivity contribution in [3.8, 4) is 0 Å². The molecule has 1 unspecified atom stereocenters. The molecule has 0 heterocycles. The summed E-state index contributed by atoms with van der Waals surface area (Å²) in [6, 6.07) is -0.417. The number of likely N-dealkylation sites (N-methyl/N-ethyl adjacent to an activating group) is 1. The van der Waals surface area contributed by atoms with Gasteiger partial charge in [-0.2, -0.15) is 0 Å². The van der Waals surface area contributed by atoms with Gasteiger partial charge >= 0.3 is 12.0 Å². The summed E-state index contributed by atoms with van der Waals surface area (Å²) >= 11 is 0. The van der Waals surface area contributed by atoms with Crippen molar-refractivity contribution >= 4 is 12.0 Å². The van der Waals surface area contributed by atoms with Crippen molar-refractivity contribution in [2.75, 3.05) is 20.6 Å². The van der Waals surface area contributed by atoms with Gasteiger partial charge in [0.1, 0.15) is 5.54 Å². The van der Waals surface area contributed by atoms with Crippen molar-refractivity contribution in [2.45, 2.75) is 57.5 Å². The summed E-state index contributed by atoms with van der Waals surface area (Å²) in [4.78, 5) is 25.7. The Bertz CT molecular complexity index is 363. The van der Waals surface area contributed by atoms with Gasteiger partial charge in [-0.1, -0.05) is 13.3 Å². The zero-order chi connectivity index (χ0) is 16.0. The lowest BCUT2D eigenvalue weighted by Crippen LogP contribution is -2.60. The molecule has 0 radical (unpaired) electrons. The molecule has 0 aromatic rings. The predicted octanol–water partition coefficient (Wildman–Crippen LogP) is 1.66. The van der Waals surface area contributed by atoms with Crippen LogP contribution in [0.15, 0.2) is 0 Å². The van der Waals surface area contributed by atoms with E-state index in [1.54, 1.807) is 0 Å². The summed E-state index contributed by atoms with van der Waals surface area (Å²) in [5.41, 5.74) is -1.10. The Morgan fingerprint density at radius 2 is 1.90 bits per heavy atom. The van der Waals surface area contributed by atoms with Crippen LogP contribution in [0.5, 0.6) is 0 Å².